The van der Waals surface area contributed by atoms with Gasteiger partial charge in [-0.3, -0.25) is 4.79 Å². The number of carbonyl (C=O) groups excluding carboxylic acids is 1. The molecule has 3 aromatic heterocycles. The van der Waals surface area contributed by atoms with Gasteiger partial charge in [-0.15, -0.1) is 5.10 Å². The summed E-state index contributed by atoms with van der Waals surface area (Å²) in [5.41, 5.74) is 3.97. The van der Waals surface area contributed by atoms with Gasteiger partial charge in [-0.2, -0.15) is 0 Å². The molecular weight excluding hydrogens is 530 g/mol. The number of anilines is 2. The van der Waals surface area contributed by atoms with Crippen LogP contribution in [0.5, 0.6) is 0 Å². The molecule has 3 fully saturated rings. The van der Waals surface area contributed by atoms with Gasteiger partial charge in [0.2, 0.25) is 5.82 Å². The lowest BCUT2D eigenvalue weighted by Crippen LogP contribution is -2.47. The standard InChI is InChI=1S/C32H35N7O3/c1-22-18-24(36-16-13-31(2,20-36)23-8-4-3-5-9-23)19-39-28(22)34-27(35-39)29(40)37-17-14-32(21-37)12-7-15-38(32)26-11-6-10-25(33-26)30(41)42/h3-6,8-11,18-19H,7,12-17,20-21H2,1-2H3,(H,41,42)/t31-,32?/m0/s1. The van der Waals surface area contributed by atoms with Gasteiger partial charge in [0.25, 0.3) is 5.91 Å². The Hall–Kier alpha value is -4.47. The van der Waals surface area contributed by atoms with Crippen molar-refractivity contribution < 1.29 is 14.7 Å². The molecule has 0 saturated carbocycles. The number of carboxylic acid groups (broad SMARTS) is 1. The quantitative estimate of drug-likeness (QED) is 0.384. The Bertz CT molecular complexity index is 1690. The van der Waals surface area contributed by atoms with E-state index < -0.39 is 5.97 Å². The maximum atomic E-state index is 13.7. The molecule has 0 aliphatic carbocycles. The fourth-order valence-corrected chi connectivity index (χ4v) is 7.24. The van der Waals surface area contributed by atoms with Gasteiger partial charge in [0, 0.05) is 38.1 Å². The van der Waals surface area contributed by atoms with Gasteiger partial charge in [-0.05, 0) is 61.9 Å². The first kappa shape index (κ1) is 26.4. The van der Waals surface area contributed by atoms with Crippen LogP contribution in [0.15, 0.2) is 60.8 Å². The molecule has 3 saturated heterocycles. The highest BCUT2D eigenvalue weighted by Gasteiger charge is 2.48. The van der Waals surface area contributed by atoms with E-state index >= 15 is 0 Å². The monoisotopic (exact) mass is 565 g/mol. The van der Waals surface area contributed by atoms with Crippen molar-refractivity contribution in [3.63, 3.8) is 0 Å². The third-order valence-electron chi connectivity index (χ3n) is 9.55. The van der Waals surface area contributed by atoms with Gasteiger partial charge in [-0.1, -0.05) is 43.3 Å². The second kappa shape index (κ2) is 9.82. The Morgan fingerprint density at radius 2 is 1.76 bits per heavy atom. The average molecular weight is 566 g/mol. The fourth-order valence-electron chi connectivity index (χ4n) is 7.24. The molecule has 216 valence electrons. The van der Waals surface area contributed by atoms with E-state index in [9.17, 15) is 14.7 Å². The number of aromatic carboxylic acids is 1. The molecule has 1 N–H and O–H groups in total. The summed E-state index contributed by atoms with van der Waals surface area (Å²) in [5.74, 6) is -0.354. The third kappa shape index (κ3) is 4.36. The highest BCUT2D eigenvalue weighted by atomic mass is 16.4. The van der Waals surface area contributed by atoms with Crippen molar-refractivity contribution >= 4 is 29.0 Å². The van der Waals surface area contributed by atoms with E-state index in [0.29, 0.717) is 24.6 Å². The van der Waals surface area contributed by atoms with Gasteiger partial charge >= 0.3 is 5.97 Å². The smallest absolute Gasteiger partial charge is 0.354 e. The molecule has 6 heterocycles. The molecule has 10 heteroatoms. The van der Waals surface area contributed by atoms with Crippen molar-refractivity contribution in [3.8, 4) is 0 Å². The van der Waals surface area contributed by atoms with E-state index in [0.717, 1.165) is 56.6 Å². The lowest BCUT2D eigenvalue weighted by atomic mass is 9.82. The third-order valence-corrected chi connectivity index (χ3v) is 9.55. The summed E-state index contributed by atoms with van der Waals surface area (Å²) >= 11 is 0. The second-order valence-electron chi connectivity index (χ2n) is 12.3. The summed E-state index contributed by atoms with van der Waals surface area (Å²) in [6, 6.07) is 17.9. The number of aromatic nitrogens is 4. The Kier molecular flexibility index (Phi) is 6.18. The Morgan fingerprint density at radius 1 is 0.929 bits per heavy atom. The highest BCUT2D eigenvalue weighted by Crippen LogP contribution is 2.41. The van der Waals surface area contributed by atoms with Gasteiger partial charge in [0.15, 0.2) is 11.3 Å². The van der Waals surface area contributed by atoms with Crippen LogP contribution in [0.3, 0.4) is 0 Å². The minimum absolute atomic E-state index is 0.0303. The average Bonchev–Trinajstić information content (AvgIpc) is 3.80. The summed E-state index contributed by atoms with van der Waals surface area (Å²) in [6.45, 7) is 8.13. The molecule has 4 aromatic rings. The molecule has 7 rings (SSSR count). The van der Waals surface area contributed by atoms with E-state index in [2.05, 4.69) is 68.2 Å². The van der Waals surface area contributed by atoms with Crippen molar-refractivity contribution in [1.82, 2.24) is 24.5 Å². The minimum atomic E-state index is -1.04. The molecule has 3 aliphatic heterocycles. The number of amides is 1. The van der Waals surface area contributed by atoms with Crippen LogP contribution in [0.25, 0.3) is 5.65 Å². The van der Waals surface area contributed by atoms with Crippen molar-refractivity contribution in [3.05, 3.63) is 83.4 Å². The highest BCUT2D eigenvalue weighted by molar-refractivity contribution is 5.91. The van der Waals surface area contributed by atoms with Crippen LogP contribution >= 0.6 is 0 Å². The SMILES string of the molecule is Cc1cc(N2CC[C@](C)(c3ccccc3)C2)cn2nc(C(=O)N3CCC4(CCCN4c4cccc(C(=O)O)n4)C3)nc12. The summed E-state index contributed by atoms with van der Waals surface area (Å²) in [5, 5.41) is 14.1. The van der Waals surface area contributed by atoms with Crippen LogP contribution in [-0.2, 0) is 5.41 Å². The second-order valence-corrected chi connectivity index (χ2v) is 12.3. The molecule has 42 heavy (non-hydrogen) atoms. The number of hydrogen-bond donors (Lipinski definition) is 1. The topological polar surface area (TPSA) is 107 Å². The zero-order valence-corrected chi connectivity index (χ0v) is 24.0. The number of aryl methyl sites for hydroxylation is 1. The number of nitrogens with zero attached hydrogens (tertiary/aromatic N) is 7. The lowest BCUT2D eigenvalue weighted by Gasteiger charge is -2.36. The first-order chi connectivity index (χ1) is 20.2. The Morgan fingerprint density at radius 3 is 2.57 bits per heavy atom. The molecule has 1 unspecified atom stereocenters. The van der Waals surface area contributed by atoms with E-state index in [-0.39, 0.29) is 28.4 Å². The predicted molar refractivity (Wildman–Crippen MR) is 159 cm³/mol. The largest absolute Gasteiger partial charge is 0.477 e. The summed E-state index contributed by atoms with van der Waals surface area (Å²) in [4.78, 5) is 40.7. The van der Waals surface area contributed by atoms with Crippen molar-refractivity contribution in [2.45, 2.75) is 50.5 Å². The summed E-state index contributed by atoms with van der Waals surface area (Å²) in [6.07, 6.45) is 5.75. The molecule has 1 amide bonds. The molecule has 0 radical (unpaired) electrons. The molecule has 3 aliphatic rings. The molecule has 0 bridgehead atoms. The molecule has 1 spiro atoms. The predicted octanol–water partition coefficient (Wildman–Crippen LogP) is 4.18. The van der Waals surface area contributed by atoms with Gasteiger partial charge in [-0.25, -0.2) is 19.3 Å². The molecule has 1 aromatic carbocycles. The van der Waals surface area contributed by atoms with Gasteiger partial charge in [0.1, 0.15) is 5.82 Å². The maximum absolute atomic E-state index is 13.7. The van der Waals surface area contributed by atoms with Crippen molar-refractivity contribution in [2.24, 2.45) is 0 Å². The Labute approximate surface area is 244 Å². The number of likely N-dealkylation sites (tertiary alicyclic amines) is 1. The number of carboxylic acids is 1. The normalized spacial score (nSPS) is 23.9. The van der Waals surface area contributed by atoms with E-state index in [4.69, 9.17) is 0 Å². The number of carbonyl (C=O) groups is 2. The number of pyridine rings is 2. The zero-order valence-electron chi connectivity index (χ0n) is 24.0. The van der Waals surface area contributed by atoms with E-state index in [1.54, 1.807) is 10.6 Å². The number of benzene rings is 1. The van der Waals surface area contributed by atoms with Crippen molar-refractivity contribution in [1.29, 1.82) is 0 Å². The van der Waals surface area contributed by atoms with Crippen LogP contribution in [0, 0.1) is 6.92 Å². The molecular formula is C32H35N7O3. The maximum Gasteiger partial charge on any atom is 0.354 e. The van der Waals surface area contributed by atoms with Crippen LogP contribution in [0.2, 0.25) is 0 Å². The number of rotatable bonds is 5. The van der Waals surface area contributed by atoms with Crippen LogP contribution in [0.4, 0.5) is 11.5 Å². The van der Waals surface area contributed by atoms with Crippen LogP contribution in [-0.4, -0.2) is 79.7 Å². The molecule has 2 atom stereocenters. The first-order valence-corrected chi connectivity index (χ1v) is 14.7. The van der Waals surface area contributed by atoms with Crippen LogP contribution in [0.1, 0.15) is 64.8 Å². The number of hydrogen-bond acceptors (Lipinski definition) is 7. The summed E-state index contributed by atoms with van der Waals surface area (Å²) < 4.78 is 1.76. The lowest BCUT2D eigenvalue weighted by molar-refractivity contribution is 0.0690. The van der Waals surface area contributed by atoms with Gasteiger partial charge < -0.3 is 19.8 Å². The molecule has 10 nitrogen and oxygen atoms in total. The summed E-state index contributed by atoms with van der Waals surface area (Å²) in [7, 11) is 0. The van der Waals surface area contributed by atoms with Gasteiger partial charge in [0.05, 0.1) is 17.4 Å². The van der Waals surface area contributed by atoms with E-state index in [1.807, 2.05) is 24.1 Å². The van der Waals surface area contributed by atoms with Crippen LogP contribution < -0.4 is 9.80 Å². The number of fused-ring (bicyclic) bond motifs is 1. The van der Waals surface area contributed by atoms with E-state index in [1.165, 1.54) is 11.6 Å². The fraction of sp³-hybridized carbons (Fsp3) is 0.406. The zero-order chi connectivity index (χ0) is 29.1. The van der Waals surface area contributed by atoms with Crippen molar-refractivity contribution in [2.75, 3.05) is 42.5 Å². The first-order valence-electron chi connectivity index (χ1n) is 14.7. The Balaban J connectivity index is 1.10. The minimum Gasteiger partial charge on any atom is -0.477 e.